The molecule has 0 aliphatic rings. The van der Waals surface area contributed by atoms with Crippen molar-refractivity contribution in [1.29, 1.82) is 0 Å². The van der Waals surface area contributed by atoms with Crippen molar-refractivity contribution in [2.75, 3.05) is 6.61 Å². The van der Waals surface area contributed by atoms with Crippen LogP contribution in [0, 0.1) is 0 Å². The van der Waals surface area contributed by atoms with Crippen molar-refractivity contribution in [3.63, 3.8) is 0 Å². The van der Waals surface area contributed by atoms with E-state index in [9.17, 15) is 4.79 Å². The van der Waals surface area contributed by atoms with E-state index in [0.29, 0.717) is 17.9 Å². The van der Waals surface area contributed by atoms with Gasteiger partial charge in [0.1, 0.15) is 5.75 Å². The summed E-state index contributed by atoms with van der Waals surface area (Å²) < 4.78 is 5.56. The molecule has 0 amide bonds. The van der Waals surface area contributed by atoms with E-state index in [4.69, 9.17) is 4.74 Å². The van der Waals surface area contributed by atoms with Crippen LogP contribution in [0.2, 0.25) is 0 Å². The second-order valence-corrected chi connectivity index (χ2v) is 3.58. The van der Waals surface area contributed by atoms with Gasteiger partial charge in [-0.15, -0.1) is 0 Å². The third-order valence-electron chi connectivity index (χ3n) is 2.39. The molecule has 86 valence electrons. The molecular weight excluding hydrogens is 214 g/mol. The molecule has 1 aromatic heterocycles. The average molecular weight is 227 g/mol. The Morgan fingerprint density at radius 1 is 1.12 bits per heavy atom. The molecule has 2 rings (SSSR count). The van der Waals surface area contributed by atoms with Crippen molar-refractivity contribution in [3.05, 3.63) is 59.9 Å². The van der Waals surface area contributed by atoms with Crippen LogP contribution in [-0.4, -0.2) is 17.9 Å². The third kappa shape index (κ3) is 3.14. The summed E-state index contributed by atoms with van der Waals surface area (Å²) in [5, 5.41) is 0. The maximum absolute atomic E-state index is 10.8. The van der Waals surface area contributed by atoms with Gasteiger partial charge >= 0.3 is 0 Å². The zero-order chi connectivity index (χ0) is 11.9. The molecule has 0 aliphatic heterocycles. The summed E-state index contributed by atoms with van der Waals surface area (Å²) in [4.78, 5) is 15.0. The quantitative estimate of drug-likeness (QED) is 0.737. The topological polar surface area (TPSA) is 39.2 Å². The lowest BCUT2D eigenvalue weighted by molar-refractivity contribution is 0.111. The fraction of sp³-hybridized carbons (Fsp3) is 0.143. The minimum absolute atomic E-state index is 0.516. The number of hydrogen-bond acceptors (Lipinski definition) is 3. The van der Waals surface area contributed by atoms with Crippen molar-refractivity contribution in [2.24, 2.45) is 0 Å². The van der Waals surface area contributed by atoms with Crippen LogP contribution in [0.4, 0.5) is 0 Å². The Labute approximate surface area is 100 Å². The van der Waals surface area contributed by atoms with Crippen LogP contribution in [0.1, 0.15) is 16.1 Å². The van der Waals surface area contributed by atoms with E-state index >= 15 is 0 Å². The van der Waals surface area contributed by atoms with E-state index in [-0.39, 0.29) is 0 Å². The molecule has 1 heterocycles. The highest BCUT2D eigenvalue weighted by Crippen LogP contribution is 2.15. The fourth-order valence-electron chi connectivity index (χ4n) is 1.52. The van der Waals surface area contributed by atoms with Gasteiger partial charge in [-0.1, -0.05) is 18.2 Å². The Morgan fingerprint density at radius 2 is 1.94 bits per heavy atom. The van der Waals surface area contributed by atoms with E-state index in [1.165, 1.54) is 0 Å². The molecule has 0 saturated carbocycles. The number of nitrogens with zero attached hydrogens (tertiary/aromatic N) is 1. The van der Waals surface area contributed by atoms with Gasteiger partial charge < -0.3 is 4.74 Å². The highest BCUT2D eigenvalue weighted by Gasteiger charge is 2.01. The Balaban J connectivity index is 1.92. The molecule has 0 spiro atoms. The molecule has 0 bridgehead atoms. The lowest BCUT2D eigenvalue weighted by Gasteiger charge is -2.07. The van der Waals surface area contributed by atoms with Crippen LogP contribution in [0.3, 0.4) is 0 Å². The number of para-hydroxylation sites is 1. The average Bonchev–Trinajstić information content (AvgIpc) is 2.40. The lowest BCUT2D eigenvalue weighted by Crippen LogP contribution is -2.04. The second kappa shape index (κ2) is 5.80. The Hall–Kier alpha value is -2.16. The molecule has 0 N–H and O–H groups in total. The molecule has 0 saturated heterocycles. The van der Waals surface area contributed by atoms with Crippen LogP contribution < -0.4 is 4.74 Å². The molecule has 17 heavy (non-hydrogen) atoms. The number of aromatic nitrogens is 1. The lowest BCUT2D eigenvalue weighted by atomic mass is 10.2. The minimum atomic E-state index is 0.516. The fourth-order valence-corrected chi connectivity index (χ4v) is 1.52. The van der Waals surface area contributed by atoms with Crippen LogP contribution >= 0.6 is 0 Å². The summed E-state index contributed by atoms with van der Waals surface area (Å²) >= 11 is 0. The first kappa shape index (κ1) is 11.3. The van der Waals surface area contributed by atoms with Crippen molar-refractivity contribution in [3.8, 4) is 5.75 Å². The second-order valence-electron chi connectivity index (χ2n) is 3.58. The van der Waals surface area contributed by atoms with Gasteiger partial charge in [0.15, 0.2) is 6.29 Å². The van der Waals surface area contributed by atoms with Crippen molar-refractivity contribution in [2.45, 2.75) is 6.42 Å². The first-order valence-electron chi connectivity index (χ1n) is 5.47. The number of aldehydes is 1. The molecule has 2 aromatic rings. The zero-order valence-corrected chi connectivity index (χ0v) is 9.37. The Morgan fingerprint density at radius 3 is 2.71 bits per heavy atom. The Bertz CT molecular complexity index is 483. The molecular formula is C14H13NO2. The summed E-state index contributed by atoms with van der Waals surface area (Å²) in [6.45, 7) is 0.516. The van der Waals surface area contributed by atoms with Gasteiger partial charge in [-0.3, -0.25) is 9.78 Å². The zero-order valence-electron chi connectivity index (χ0n) is 9.37. The molecule has 0 atom stereocenters. The molecule has 0 aliphatic carbocycles. The first-order valence-corrected chi connectivity index (χ1v) is 5.47. The van der Waals surface area contributed by atoms with Crippen molar-refractivity contribution < 1.29 is 9.53 Å². The van der Waals surface area contributed by atoms with Gasteiger partial charge in [0.05, 0.1) is 12.2 Å². The predicted octanol–water partition coefficient (Wildman–Crippen LogP) is 2.52. The molecule has 3 nitrogen and oxygen atoms in total. The van der Waals surface area contributed by atoms with Gasteiger partial charge in [-0.05, 0) is 24.3 Å². The molecule has 0 radical (unpaired) electrons. The van der Waals surface area contributed by atoms with E-state index in [1.54, 1.807) is 18.3 Å². The standard InChI is InChI=1S/C14H13NO2/c16-11-12-5-1-2-7-14(12)17-10-8-13-6-3-4-9-15-13/h1-7,9,11H,8,10H2. The monoisotopic (exact) mass is 227 g/mol. The van der Waals surface area contributed by atoms with Crippen LogP contribution in [0.25, 0.3) is 0 Å². The van der Waals surface area contributed by atoms with Gasteiger partial charge in [-0.25, -0.2) is 0 Å². The SMILES string of the molecule is O=Cc1ccccc1OCCc1ccccn1. The van der Waals surface area contributed by atoms with Gasteiger partial charge in [0.2, 0.25) is 0 Å². The maximum atomic E-state index is 10.8. The van der Waals surface area contributed by atoms with E-state index in [2.05, 4.69) is 4.98 Å². The summed E-state index contributed by atoms with van der Waals surface area (Å²) in [5.41, 5.74) is 1.56. The summed E-state index contributed by atoms with van der Waals surface area (Å²) in [6, 6.07) is 13.0. The number of ether oxygens (including phenoxy) is 1. The molecule has 3 heteroatoms. The molecule has 0 unspecified atom stereocenters. The number of pyridine rings is 1. The van der Waals surface area contributed by atoms with Gasteiger partial charge in [-0.2, -0.15) is 0 Å². The van der Waals surface area contributed by atoms with Crippen molar-refractivity contribution in [1.82, 2.24) is 4.98 Å². The minimum Gasteiger partial charge on any atom is -0.492 e. The predicted molar refractivity (Wildman–Crippen MR) is 65.3 cm³/mol. The number of carbonyl (C=O) groups excluding carboxylic acids is 1. The molecule has 0 fully saturated rings. The van der Waals surface area contributed by atoms with E-state index in [1.807, 2.05) is 30.3 Å². The highest BCUT2D eigenvalue weighted by atomic mass is 16.5. The normalized spacial score (nSPS) is 9.88. The van der Waals surface area contributed by atoms with Crippen molar-refractivity contribution >= 4 is 6.29 Å². The summed E-state index contributed by atoms with van der Waals surface area (Å²) in [6.07, 6.45) is 3.29. The number of carbonyl (C=O) groups is 1. The van der Waals surface area contributed by atoms with Crippen LogP contribution in [-0.2, 0) is 6.42 Å². The first-order chi connectivity index (χ1) is 8.40. The van der Waals surface area contributed by atoms with Crippen LogP contribution in [0.15, 0.2) is 48.7 Å². The number of rotatable bonds is 5. The highest BCUT2D eigenvalue weighted by molar-refractivity contribution is 5.79. The Kier molecular flexibility index (Phi) is 3.86. The largest absolute Gasteiger partial charge is 0.492 e. The summed E-state index contributed by atoms with van der Waals surface area (Å²) in [5.74, 6) is 0.624. The summed E-state index contributed by atoms with van der Waals surface area (Å²) in [7, 11) is 0. The number of benzene rings is 1. The molecule has 1 aromatic carbocycles. The van der Waals surface area contributed by atoms with Gasteiger partial charge in [0.25, 0.3) is 0 Å². The number of hydrogen-bond donors (Lipinski definition) is 0. The van der Waals surface area contributed by atoms with Crippen LogP contribution in [0.5, 0.6) is 5.75 Å². The van der Waals surface area contributed by atoms with Gasteiger partial charge in [0, 0.05) is 18.3 Å². The smallest absolute Gasteiger partial charge is 0.153 e. The maximum Gasteiger partial charge on any atom is 0.153 e. The van der Waals surface area contributed by atoms with E-state index < -0.39 is 0 Å². The van der Waals surface area contributed by atoms with E-state index in [0.717, 1.165) is 18.4 Å². The third-order valence-corrected chi connectivity index (χ3v) is 2.39.